The number of esters is 1. The molecule has 0 bridgehead atoms. The summed E-state index contributed by atoms with van der Waals surface area (Å²) in [6.07, 6.45) is 11.6. The average molecular weight is 498 g/mol. The smallest absolute Gasteiger partial charge is 0.343 e. The van der Waals surface area contributed by atoms with Crippen LogP contribution >= 0.6 is 0 Å². The van der Waals surface area contributed by atoms with Crippen molar-refractivity contribution in [1.82, 2.24) is 0 Å². The Kier molecular flexibility index (Phi) is 11.7. The van der Waals surface area contributed by atoms with Gasteiger partial charge in [-0.05, 0) is 72.4 Å². The number of rotatable bonds is 15. The minimum Gasteiger partial charge on any atom is -0.494 e. The summed E-state index contributed by atoms with van der Waals surface area (Å²) in [5.74, 6) is 0.894. The monoisotopic (exact) mass is 497 g/mol. The third-order valence-electron chi connectivity index (χ3n) is 6.53. The van der Waals surface area contributed by atoms with Crippen molar-refractivity contribution in [3.05, 3.63) is 83.4 Å². The van der Waals surface area contributed by atoms with E-state index in [0.29, 0.717) is 16.9 Å². The molecule has 194 valence electrons. The lowest BCUT2D eigenvalue weighted by Gasteiger charge is -2.09. The fourth-order valence-electron chi connectivity index (χ4n) is 4.29. The van der Waals surface area contributed by atoms with Crippen molar-refractivity contribution < 1.29 is 14.3 Å². The van der Waals surface area contributed by atoms with E-state index in [1.165, 1.54) is 32.1 Å². The zero-order chi connectivity index (χ0) is 26.3. The molecule has 0 saturated heterocycles. The third-order valence-corrected chi connectivity index (χ3v) is 6.53. The highest BCUT2D eigenvalue weighted by atomic mass is 16.5. The van der Waals surface area contributed by atoms with Crippen LogP contribution in [0.5, 0.6) is 11.5 Å². The van der Waals surface area contributed by atoms with Gasteiger partial charge in [0.1, 0.15) is 11.5 Å². The van der Waals surface area contributed by atoms with Crippen molar-refractivity contribution in [2.45, 2.75) is 78.1 Å². The van der Waals surface area contributed by atoms with E-state index in [2.05, 4.69) is 19.9 Å². The molecule has 0 fully saturated rings. The molecule has 0 aliphatic rings. The first-order valence-corrected chi connectivity index (χ1v) is 13.7. The first kappa shape index (κ1) is 28.0. The van der Waals surface area contributed by atoms with E-state index < -0.39 is 5.97 Å². The first-order valence-electron chi connectivity index (χ1n) is 13.7. The summed E-state index contributed by atoms with van der Waals surface area (Å²) >= 11 is 0. The van der Waals surface area contributed by atoms with E-state index in [9.17, 15) is 10.1 Å². The Morgan fingerprint density at radius 3 is 1.97 bits per heavy atom. The van der Waals surface area contributed by atoms with Gasteiger partial charge in [0.2, 0.25) is 0 Å². The topological polar surface area (TPSA) is 59.3 Å². The number of nitriles is 1. The maximum atomic E-state index is 12.7. The van der Waals surface area contributed by atoms with Crippen LogP contribution in [-0.4, -0.2) is 12.6 Å². The SMILES string of the molecule is CCCCCCCCOc1ccc(-c2ccc(OC(=O)c3ccc(CCCCC)c(C#N)c3)cc2)cc1. The van der Waals surface area contributed by atoms with E-state index in [-0.39, 0.29) is 0 Å². The maximum Gasteiger partial charge on any atom is 0.343 e. The highest BCUT2D eigenvalue weighted by molar-refractivity contribution is 5.91. The number of aryl methyl sites for hydroxylation is 1. The Morgan fingerprint density at radius 1 is 0.730 bits per heavy atom. The van der Waals surface area contributed by atoms with Gasteiger partial charge >= 0.3 is 5.97 Å². The average Bonchev–Trinajstić information content (AvgIpc) is 2.93. The number of carbonyl (C=O) groups excluding carboxylic acids is 1. The lowest BCUT2D eigenvalue weighted by Crippen LogP contribution is -2.09. The maximum absolute atomic E-state index is 12.7. The summed E-state index contributed by atoms with van der Waals surface area (Å²) < 4.78 is 11.4. The van der Waals surface area contributed by atoms with E-state index in [1.807, 2.05) is 42.5 Å². The summed E-state index contributed by atoms with van der Waals surface area (Å²) in [5.41, 5.74) is 4.01. The van der Waals surface area contributed by atoms with E-state index >= 15 is 0 Å². The molecule has 0 aliphatic carbocycles. The Hall–Kier alpha value is -3.58. The van der Waals surface area contributed by atoms with Crippen LogP contribution in [0.4, 0.5) is 0 Å². The lowest BCUT2D eigenvalue weighted by molar-refractivity contribution is 0.0734. The summed E-state index contributed by atoms with van der Waals surface area (Å²) in [4.78, 5) is 12.7. The molecule has 0 saturated carbocycles. The van der Waals surface area contributed by atoms with Crippen LogP contribution in [0.2, 0.25) is 0 Å². The zero-order valence-electron chi connectivity index (χ0n) is 22.3. The van der Waals surface area contributed by atoms with Gasteiger partial charge in [-0.1, -0.05) is 89.1 Å². The second kappa shape index (κ2) is 15.5. The molecule has 3 aromatic rings. The Bertz CT molecular complexity index is 1140. The molecule has 37 heavy (non-hydrogen) atoms. The minimum absolute atomic E-state index is 0.386. The van der Waals surface area contributed by atoms with Crippen LogP contribution in [0.1, 0.15) is 93.1 Å². The normalized spacial score (nSPS) is 10.6. The number of unbranched alkanes of at least 4 members (excludes halogenated alkanes) is 7. The van der Waals surface area contributed by atoms with Gasteiger partial charge in [0, 0.05) is 0 Å². The lowest BCUT2D eigenvalue weighted by atomic mass is 9.99. The summed E-state index contributed by atoms with van der Waals surface area (Å²) in [5, 5.41) is 9.51. The largest absolute Gasteiger partial charge is 0.494 e. The molecule has 3 aromatic carbocycles. The molecule has 0 heterocycles. The van der Waals surface area contributed by atoms with Crippen LogP contribution in [0.3, 0.4) is 0 Å². The van der Waals surface area contributed by atoms with Gasteiger partial charge in [0.05, 0.1) is 23.8 Å². The molecule has 0 N–H and O–H groups in total. The van der Waals surface area contributed by atoms with E-state index in [1.54, 1.807) is 24.3 Å². The molecule has 0 aliphatic heterocycles. The van der Waals surface area contributed by atoms with Crippen LogP contribution in [0.15, 0.2) is 66.7 Å². The molecule has 0 radical (unpaired) electrons. The van der Waals surface area contributed by atoms with Crippen LogP contribution in [0.25, 0.3) is 11.1 Å². The third kappa shape index (κ3) is 9.10. The second-order valence-corrected chi connectivity index (χ2v) is 9.50. The van der Waals surface area contributed by atoms with Gasteiger partial charge < -0.3 is 9.47 Å². The number of nitrogens with zero attached hydrogens (tertiary/aromatic N) is 1. The van der Waals surface area contributed by atoms with Gasteiger partial charge in [-0.25, -0.2) is 4.79 Å². The van der Waals surface area contributed by atoms with Crippen molar-refractivity contribution in [3.63, 3.8) is 0 Å². The highest BCUT2D eigenvalue weighted by Gasteiger charge is 2.12. The van der Waals surface area contributed by atoms with Gasteiger partial charge in [-0.2, -0.15) is 5.26 Å². The molecule has 3 rings (SSSR count). The summed E-state index contributed by atoms with van der Waals surface area (Å²) in [6.45, 7) is 5.14. The Labute approximate surface area is 222 Å². The molecule has 0 aromatic heterocycles. The molecule has 0 amide bonds. The predicted octanol–water partition coefficient (Wildman–Crippen LogP) is 8.92. The number of ether oxygens (including phenoxy) is 2. The van der Waals surface area contributed by atoms with Crippen molar-refractivity contribution in [1.29, 1.82) is 5.26 Å². The summed E-state index contributed by atoms with van der Waals surface area (Å²) in [6, 6.07) is 23.0. The first-order chi connectivity index (χ1) is 18.1. The molecule has 0 unspecified atom stereocenters. The Morgan fingerprint density at radius 2 is 1.32 bits per heavy atom. The number of hydrogen-bond donors (Lipinski definition) is 0. The molecular weight excluding hydrogens is 458 g/mol. The zero-order valence-corrected chi connectivity index (χ0v) is 22.3. The fraction of sp³-hybridized carbons (Fsp3) is 0.394. The van der Waals surface area contributed by atoms with Crippen LogP contribution in [-0.2, 0) is 6.42 Å². The number of benzene rings is 3. The van der Waals surface area contributed by atoms with Crippen molar-refractivity contribution in [2.75, 3.05) is 6.61 Å². The van der Waals surface area contributed by atoms with Crippen LogP contribution < -0.4 is 9.47 Å². The van der Waals surface area contributed by atoms with E-state index in [4.69, 9.17) is 9.47 Å². The molecular formula is C33H39NO3. The van der Waals surface area contributed by atoms with Gasteiger partial charge in [-0.3, -0.25) is 0 Å². The van der Waals surface area contributed by atoms with Gasteiger partial charge in [0.15, 0.2) is 0 Å². The van der Waals surface area contributed by atoms with Crippen molar-refractivity contribution in [3.8, 4) is 28.7 Å². The fourth-order valence-corrected chi connectivity index (χ4v) is 4.29. The predicted molar refractivity (Wildman–Crippen MR) is 150 cm³/mol. The summed E-state index contributed by atoms with van der Waals surface area (Å²) in [7, 11) is 0. The Balaban J connectivity index is 1.51. The highest BCUT2D eigenvalue weighted by Crippen LogP contribution is 2.25. The molecule has 0 atom stereocenters. The van der Waals surface area contributed by atoms with Crippen molar-refractivity contribution >= 4 is 5.97 Å². The number of carbonyl (C=O) groups is 1. The van der Waals surface area contributed by atoms with Crippen LogP contribution in [0, 0.1) is 11.3 Å². The van der Waals surface area contributed by atoms with Gasteiger partial charge in [-0.15, -0.1) is 0 Å². The molecule has 4 heteroatoms. The van der Waals surface area contributed by atoms with Crippen molar-refractivity contribution in [2.24, 2.45) is 0 Å². The quantitative estimate of drug-likeness (QED) is 0.119. The molecule has 4 nitrogen and oxygen atoms in total. The second-order valence-electron chi connectivity index (χ2n) is 9.50. The van der Waals surface area contributed by atoms with E-state index in [0.717, 1.165) is 61.2 Å². The minimum atomic E-state index is -0.462. The molecule has 0 spiro atoms. The standard InChI is InChI=1S/C33H39NO3/c1-3-5-7-8-9-11-23-36-31-19-15-27(16-20-31)28-17-21-32(22-18-28)37-33(35)29-14-13-26(12-10-6-4-2)30(24-29)25-34/h13-22,24H,3-12,23H2,1-2H3. The number of hydrogen-bond acceptors (Lipinski definition) is 4. The van der Waals surface area contributed by atoms with Gasteiger partial charge in [0.25, 0.3) is 0 Å².